The van der Waals surface area contributed by atoms with E-state index in [-0.39, 0.29) is 6.42 Å². The van der Waals surface area contributed by atoms with Crippen molar-refractivity contribution < 1.29 is 14.6 Å². The summed E-state index contributed by atoms with van der Waals surface area (Å²) in [5.41, 5.74) is 1.09. The van der Waals surface area contributed by atoms with Crippen LogP contribution in [-0.4, -0.2) is 18.2 Å². The van der Waals surface area contributed by atoms with Crippen LogP contribution in [0.5, 0.6) is 5.75 Å². The van der Waals surface area contributed by atoms with E-state index in [1.807, 2.05) is 18.2 Å². The zero-order valence-electron chi connectivity index (χ0n) is 8.50. The molecule has 0 aliphatic heterocycles. The van der Waals surface area contributed by atoms with Gasteiger partial charge in [-0.05, 0) is 46.5 Å². The largest absolute Gasteiger partial charge is 0.496 e. The van der Waals surface area contributed by atoms with Crippen LogP contribution in [0.4, 0.5) is 0 Å². The summed E-state index contributed by atoms with van der Waals surface area (Å²) < 4.78 is 6.06. The van der Waals surface area contributed by atoms with Crippen molar-refractivity contribution in [2.45, 2.75) is 19.3 Å². The summed E-state index contributed by atoms with van der Waals surface area (Å²) in [6.45, 7) is 0. The molecule has 0 saturated heterocycles. The van der Waals surface area contributed by atoms with Crippen LogP contribution >= 0.6 is 15.9 Å². The Hall–Kier alpha value is -1.03. The molecule has 0 amide bonds. The zero-order chi connectivity index (χ0) is 11.3. The maximum atomic E-state index is 10.3. The van der Waals surface area contributed by atoms with Gasteiger partial charge in [-0.25, -0.2) is 0 Å². The lowest BCUT2D eigenvalue weighted by Gasteiger charge is -2.05. The lowest BCUT2D eigenvalue weighted by molar-refractivity contribution is -0.137. The van der Waals surface area contributed by atoms with Crippen molar-refractivity contribution in [3.63, 3.8) is 0 Å². The minimum atomic E-state index is -0.751. The van der Waals surface area contributed by atoms with Crippen molar-refractivity contribution in [2.24, 2.45) is 0 Å². The van der Waals surface area contributed by atoms with E-state index in [0.717, 1.165) is 22.2 Å². The van der Waals surface area contributed by atoms with Crippen molar-refractivity contribution in [1.82, 2.24) is 0 Å². The number of aliphatic carboxylic acids is 1. The lowest BCUT2D eigenvalue weighted by atomic mass is 10.1. The highest BCUT2D eigenvalue weighted by Crippen LogP contribution is 2.26. The fourth-order valence-electron chi connectivity index (χ4n) is 1.30. The smallest absolute Gasteiger partial charge is 0.303 e. The number of halogens is 1. The van der Waals surface area contributed by atoms with Gasteiger partial charge in [0.05, 0.1) is 11.6 Å². The molecule has 0 unspecified atom stereocenters. The molecule has 15 heavy (non-hydrogen) atoms. The Morgan fingerprint density at radius 1 is 1.53 bits per heavy atom. The third-order valence-electron chi connectivity index (χ3n) is 2.07. The number of hydrogen-bond donors (Lipinski definition) is 1. The SMILES string of the molecule is COc1cc(CCCC(=O)O)ccc1Br. The molecule has 4 heteroatoms. The number of carboxylic acids is 1. The van der Waals surface area contributed by atoms with Crippen molar-refractivity contribution in [2.75, 3.05) is 7.11 Å². The maximum Gasteiger partial charge on any atom is 0.303 e. The summed E-state index contributed by atoms with van der Waals surface area (Å²) in [5, 5.41) is 8.50. The van der Waals surface area contributed by atoms with Crippen LogP contribution in [0.2, 0.25) is 0 Å². The topological polar surface area (TPSA) is 46.5 Å². The highest BCUT2D eigenvalue weighted by atomic mass is 79.9. The molecule has 0 fully saturated rings. The average Bonchev–Trinajstić information content (AvgIpc) is 2.20. The van der Waals surface area contributed by atoms with Gasteiger partial charge >= 0.3 is 5.97 Å². The molecule has 0 aliphatic carbocycles. The Balaban J connectivity index is 2.58. The van der Waals surface area contributed by atoms with E-state index in [0.29, 0.717) is 6.42 Å². The molecule has 1 aromatic carbocycles. The Bertz CT molecular complexity index is 350. The summed E-state index contributed by atoms with van der Waals surface area (Å²) in [6, 6.07) is 5.80. The predicted molar refractivity (Wildman–Crippen MR) is 61.3 cm³/mol. The Labute approximate surface area is 97.2 Å². The molecular weight excluding hydrogens is 260 g/mol. The summed E-state index contributed by atoms with van der Waals surface area (Å²) in [5.74, 6) is 0.0295. The van der Waals surface area contributed by atoms with Gasteiger partial charge in [0, 0.05) is 6.42 Å². The number of ether oxygens (including phenoxy) is 1. The lowest BCUT2D eigenvalue weighted by Crippen LogP contribution is -1.96. The summed E-state index contributed by atoms with van der Waals surface area (Å²) in [6.07, 6.45) is 1.62. The normalized spacial score (nSPS) is 10.0. The Morgan fingerprint density at radius 2 is 2.27 bits per heavy atom. The van der Waals surface area contributed by atoms with Gasteiger partial charge in [0.15, 0.2) is 0 Å². The molecule has 0 aromatic heterocycles. The number of carbonyl (C=O) groups is 1. The van der Waals surface area contributed by atoms with Crippen LogP contribution in [0.25, 0.3) is 0 Å². The van der Waals surface area contributed by atoms with E-state index in [4.69, 9.17) is 9.84 Å². The van der Waals surface area contributed by atoms with Gasteiger partial charge in [-0.1, -0.05) is 6.07 Å². The number of carboxylic acid groups (broad SMARTS) is 1. The van der Waals surface area contributed by atoms with Crippen molar-refractivity contribution in [1.29, 1.82) is 0 Å². The number of hydrogen-bond acceptors (Lipinski definition) is 2. The molecule has 1 N–H and O–H groups in total. The molecule has 0 saturated carbocycles. The van der Waals surface area contributed by atoms with E-state index in [9.17, 15) is 4.79 Å². The number of aryl methyl sites for hydroxylation is 1. The molecule has 3 nitrogen and oxygen atoms in total. The third-order valence-corrected chi connectivity index (χ3v) is 2.73. The molecule has 0 heterocycles. The van der Waals surface area contributed by atoms with E-state index in [1.54, 1.807) is 7.11 Å². The molecular formula is C11H13BrO3. The van der Waals surface area contributed by atoms with Crippen LogP contribution in [0.1, 0.15) is 18.4 Å². The standard InChI is InChI=1S/C11H13BrO3/c1-15-10-7-8(5-6-9(10)12)3-2-4-11(13)14/h5-7H,2-4H2,1H3,(H,13,14). The molecule has 1 rings (SSSR count). The minimum Gasteiger partial charge on any atom is -0.496 e. The van der Waals surface area contributed by atoms with Crippen molar-refractivity contribution >= 4 is 21.9 Å². The average molecular weight is 273 g/mol. The first-order chi connectivity index (χ1) is 7.13. The Morgan fingerprint density at radius 3 is 2.87 bits per heavy atom. The summed E-state index contributed by atoms with van der Waals surface area (Å²) in [7, 11) is 1.61. The molecule has 0 radical (unpaired) electrons. The molecule has 0 aliphatic rings. The summed E-state index contributed by atoms with van der Waals surface area (Å²) in [4.78, 5) is 10.3. The van der Waals surface area contributed by atoms with Crippen LogP contribution in [0.15, 0.2) is 22.7 Å². The minimum absolute atomic E-state index is 0.207. The highest BCUT2D eigenvalue weighted by molar-refractivity contribution is 9.10. The van der Waals surface area contributed by atoms with E-state index < -0.39 is 5.97 Å². The van der Waals surface area contributed by atoms with Crippen molar-refractivity contribution in [3.05, 3.63) is 28.2 Å². The van der Waals surface area contributed by atoms with E-state index in [1.165, 1.54) is 0 Å². The Kier molecular flexibility index (Phi) is 4.62. The van der Waals surface area contributed by atoms with Gasteiger partial charge in [-0.15, -0.1) is 0 Å². The second kappa shape index (κ2) is 5.75. The third kappa shape index (κ3) is 3.91. The fourth-order valence-corrected chi connectivity index (χ4v) is 1.71. The van der Waals surface area contributed by atoms with Gasteiger partial charge < -0.3 is 9.84 Å². The van der Waals surface area contributed by atoms with Crippen molar-refractivity contribution in [3.8, 4) is 5.75 Å². The number of benzene rings is 1. The first-order valence-electron chi connectivity index (χ1n) is 4.67. The summed E-state index contributed by atoms with van der Waals surface area (Å²) >= 11 is 3.36. The van der Waals surface area contributed by atoms with Crippen LogP contribution in [0, 0.1) is 0 Å². The number of methoxy groups -OCH3 is 1. The van der Waals surface area contributed by atoms with Gasteiger partial charge in [0.2, 0.25) is 0 Å². The van der Waals surface area contributed by atoms with Gasteiger partial charge in [0.25, 0.3) is 0 Å². The molecule has 82 valence electrons. The van der Waals surface area contributed by atoms with Gasteiger partial charge in [-0.3, -0.25) is 4.79 Å². The molecule has 1 aromatic rings. The van der Waals surface area contributed by atoms with E-state index >= 15 is 0 Å². The van der Waals surface area contributed by atoms with Gasteiger partial charge in [0.1, 0.15) is 5.75 Å². The maximum absolute atomic E-state index is 10.3. The number of rotatable bonds is 5. The molecule has 0 spiro atoms. The van der Waals surface area contributed by atoms with Crippen LogP contribution in [0.3, 0.4) is 0 Å². The van der Waals surface area contributed by atoms with Crippen LogP contribution in [-0.2, 0) is 11.2 Å². The molecule has 0 atom stereocenters. The highest BCUT2D eigenvalue weighted by Gasteiger charge is 2.02. The molecule has 0 bridgehead atoms. The van der Waals surface area contributed by atoms with E-state index in [2.05, 4.69) is 15.9 Å². The fraction of sp³-hybridized carbons (Fsp3) is 0.364. The zero-order valence-corrected chi connectivity index (χ0v) is 10.1. The first-order valence-corrected chi connectivity index (χ1v) is 5.47. The quantitative estimate of drug-likeness (QED) is 0.897. The first kappa shape index (κ1) is 12.0. The second-order valence-electron chi connectivity index (χ2n) is 3.22. The van der Waals surface area contributed by atoms with Gasteiger partial charge in [-0.2, -0.15) is 0 Å². The predicted octanol–water partition coefficient (Wildman–Crippen LogP) is 2.87. The van der Waals surface area contributed by atoms with Crippen LogP contribution < -0.4 is 4.74 Å². The second-order valence-corrected chi connectivity index (χ2v) is 4.07. The monoisotopic (exact) mass is 272 g/mol.